The highest BCUT2D eigenvalue weighted by molar-refractivity contribution is 7.16. The SMILES string of the molecule is N#Cc1c(NCC(=O)c2cc3ccccc3o2)sc2c1CCCC2. The molecular formula is C19H16N2O2S. The maximum atomic E-state index is 12.4. The first-order chi connectivity index (χ1) is 11.8. The highest BCUT2D eigenvalue weighted by Gasteiger charge is 2.21. The van der Waals surface area contributed by atoms with Gasteiger partial charge in [0.2, 0.25) is 5.78 Å². The van der Waals surface area contributed by atoms with E-state index in [9.17, 15) is 10.1 Å². The summed E-state index contributed by atoms with van der Waals surface area (Å²) in [6, 6.07) is 11.6. The molecule has 1 aliphatic rings. The van der Waals surface area contributed by atoms with Crippen molar-refractivity contribution >= 4 is 33.1 Å². The number of anilines is 1. The summed E-state index contributed by atoms with van der Waals surface area (Å²) in [5.41, 5.74) is 2.60. The van der Waals surface area contributed by atoms with Crippen molar-refractivity contribution < 1.29 is 9.21 Å². The molecule has 24 heavy (non-hydrogen) atoms. The molecule has 120 valence electrons. The Morgan fingerprint density at radius 3 is 2.96 bits per heavy atom. The van der Waals surface area contributed by atoms with E-state index >= 15 is 0 Å². The lowest BCUT2D eigenvalue weighted by Crippen LogP contribution is -2.13. The lowest BCUT2D eigenvalue weighted by Gasteiger charge is -2.09. The van der Waals surface area contributed by atoms with Crippen LogP contribution in [0.4, 0.5) is 5.00 Å². The van der Waals surface area contributed by atoms with E-state index in [1.165, 1.54) is 16.9 Å². The van der Waals surface area contributed by atoms with Crippen LogP contribution in [0.1, 0.15) is 39.4 Å². The maximum absolute atomic E-state index is 12.4. The van der Waals surface area contributed by atoms with Crippen LogP contribution < -0.4 is 5.32 Å². The van der Waals surface area contributed by atoms with Gasteiger partial charge in [0, 0.05) is 10.3 Å². The van der Waals surface area contributed by atoms with Crippen molar-refractivity contribution in [2.45, 2.75) is 25.7 Å². The Labute approximate surface area is 143 Å². The second-order valence-electron chi connectivity index (χ2n) is 5.95. The minimum atomic E-state index is -0.110. The summed E-state index contributed by atoms with van der Waals surface area (Å²) in [4.78, 5) is 13.7. The molecule has 1 aromatic carbocycles. The normalized spacial score (nSPS) is 13.5. The van der Waals surface area contributed by atoms with Crippen LogP contribution in [-0.2, 0) is 12.8 Å². The number of benzene rings is 1. The molecule has 5 heteroatoms. The van der Waals surface area contributed by atoms with Crippen LogP contribution in [0.3, 0.4) is 0 Å². The van der Waals surface area contributed by atoms with Gasteiger partial charge in [0.1, 0.15) is 16.7 Å². The number of hydrogen-bond donors (Lipinski definition) is 1. The summed E-state index contributed by atoms with van der Waals surface area (Å²) in [6.07, 6.45) is 4.31. The molecule has 0 spiro atoms. The second-order valence-corrected chi connectivity index (χ2v) is 7.06. The number of rotatable bonds is 4. The monoisotopic (exact) mass is 336 g/mol. The van der Waals surface area contributed by atoms with E-state index in [0.717, 1.165) is 29.6 Å². The van der Waals surface area contributed by atoms with E-state index in [1.54, 1.807) is 17.4 Å². The molecule has 0 amide bonds. The van der Waals surface area contributed by atoms with Crippen LogP contribution >= 0.6 is 11.3 Å². The van der Waals surface area contributed by atoms with Gasteiger partial charge in [-0.05, 0) is 43.4 Å². The average Bonchev–Trinajstić information content (AvgIpc) is 3.20. The molecule has 4 nitrogen and oxygen atoms in total. The van der Waals surface area contributed by atoms with Crippen molar-refractivity contribution in [3.8, 4) is 6.07 Å². The first-order valence-electron chi connectivity index (χ1n) is 8.06. The van der Waals surface area contributed by atoms with Crippen molar-refractivity contribution in [3.63, 3.8) is 0 Å². The number of aryl methyl sites for hydroxylation is 1. The number of ketones is 1. The number of carbonyl (C=O) groups is 1. The topological polar surface area (TPSA) is 66.0 Å². The molecule has 0 aliphatic heterocycles. The number of Topliss-reactive ketones (excluding diaryl/α,β-unsaturated/α-hetero) is 1. The van der Waals surface area contributed by atoms with E-state index < -0.39 is 0 Å². The standard InChI is InChI=1S/C19H16N2O2S/c20-10-14-13-6-2-4-8-18(13)24-19(14)21-11-15(22)17-9-12-5-1-3-7-16(12)23-17/h1,3,5,7,9,21H,2,4,6,8,11H2. The van der Waals surface area contributed by atoms with Gasteiger partial charge in [-0.1, -0.05) is 18.2 Å². The van der Waals surface area contributed by atoms with Crippen LogP contribution in [-0.4, -0.2) is 12.3 Å². The van der Waals surface area contributed by atoms with Crippen LogP contribution in [0.2, 0.25) is 0 Å². The predicted octanol–water partition coefficient (Wildman–Crippen LogP) is 4.54. The minimum absolute atomic E-state index is 0.110. The summed E-state index contributed by atoms with van der Waals surface area (Å²) in [5, 5.41) is 14.3. The zero-order chi connectivity index (χ0) is 16.5. The Bertz CT molecular complexity index is 929. The molecule has 1 N–H and O–H groups in total. The lowest BCUT2D eigenvalue weighted by atomic mass is 9.96. The number of nitrogens with zero attached hydrogens (tertiary/aromatic N) is 1. The highest BCUT2D eigenvalue weighted by Crippen LogP contribution is 2.37. The van der Waals surface area contributed by atoms with E-state index in [4.69, 9.17) is 4.42 Å². The molecule has 0 unspecified atom stereocenters. The first-order valence-corrected chi connectivity index (χ1v) is 8.88. The van der Waals surface area contributed by atoms with Gasteiger partial charge < -0.3 is 9.73 Å². The summed E-state index contributed by atoms with van der Waals surface area (Å²) in [5.74, 6) is 0.241. The van der Waals surface area contributed by atoms with E-state index in [1.807, 2.05) is 24.3 Å². The van der Waals surface area contributed by atoms with Gasteiger partial charge in [-0.2, -0.15) is 5.26 Å². The third-order valence-corrected chi connectivity index (χ3v) is 5.64. The van der Waals surface area contributed by atoms with Crippen LogP contribution in [0.5, 0.6) is 0 Å². The van der Waals surface area contributed by atoms with E-state index in [2.05, 4.69) is 11.4 Å². The molecule has 0 saturated carbocycles. The zero-order valence-corrected chi connectivity index (χ0v) is 13.9. The fourth-order valence-corrected chi connectivity index (χ4v) is 4.41. The highest BCUT2D eigenvalue weighted by atomic mass is 32.1. The Morgan fingerprint density at radius 1 is 1.29 bits per heavy atom. The minimum Gasteiger partial charge on any atom is -0.453 e. The molecule has 2 heterocycles. The molecule has 0 bridgehead atoms. The molecule has 3 aromatic rings. The third-order valence-electron chi connectivity index (χ3n) is 4.39. The fraction of sp³-hybridized carbons (Fsp3) is 0.263. The van der Waals surface area contributed by atoms with Gasteiger partial charge >= 0.3 is 0 Å². The largest absolute Gasteiger partial charge is 0.453 e. The van der Waals surface area contributed by atoms with Crippen LogP contribution in [0.15, 0.2) is 34.7 Å². The Morgan fingerprint density at radius 2 is 2.12 bits per heavy atom. The van der Waals surface area contributed by atoms with Crippen LogP contribution in [0.25, 0.3) is 11.0 Å². The van der Waals surface area contributed by atoms with Gasteiger partial charge in [0.05, 0.1) is 12.1 Å². The summed E-state index contributed by atoms with van der Waals surface area (Å²) < 4.78 is 5.60. The van der Waals surface area contributed by atoms with E-state index in [0.29, 0.717) is 16.9 Å². The number of fused-ring (bicyclic) bond motifs is 2. The molecule has 0 radical (unpaired) electrons. The third kappa shape index (κ3) is 2.59. The van der Waals surface area contributed by atoms with Crippen molar-refractivity contribution in [2.24, 2.45) is 0 Å². The van der Waals surface area contributed by atoms with E-state index in [-0.39, 0.29) is 12.3 Å². The van der Waals surface area contributed by atoms with Gasteiger partial charge in [-0.3, -0.25) is 4.79 Å². The predicted molar refractivity (Wildman–Crippen MR) is 94.7 cm³/mol. The molecule has 2 aromatic heterocycles. The average molecular weight is 336 g/mol. The lowest BCUT2D eigenvalue weighted by molar-refractivity contribution is 0.0982. The van der Waals surface area contributed by atoms with Gasteiger partial charge in [-0.15, -0.1) is 11.3 Å². The van der Waals surface area contributed by atoms with Crippen molar-refractivity contribution in [3.05, 3.63) is 52.1 Å². The summed E-state index contributed by atoms with van der Waals surface area (Å²) in [6.45, 7) is 0.133. The van der Waals surface area contributed by atoms with Crippen molar-refractivity contribution in [1.29, 1.82) is 5.26 Å². The molecule has 0 atom stereocenters. The Balaban J connectivity index is 1.53. The van der Waals surface area contributed by atoms with Crippen molar-refractivity contribution in [1.82, 2.24) is 0 Å². The number of furan rings is 1. The fourth-order valence-electron chi connectivity index (χ4n) is 3.18. The molecular weight excluding hydrogens is 320 g/mol. The zero-order valence-electron chi connectivity index (χ0n) is 13.1. The Hall–Kier alpha value is -2.58. The van der Waals surface area contributed by atoms with Gasteiger partial charge in [0.25, 0.3) is 0 Å². The number of carbonyl (C=O) groups excluding carboxylic acids is 1. The van der Waals surface area contributed by atoms with Gasteiger partial charge in [0.15, 0.2) is 5.76 Å². The van der Waals surface area contributed by atoms with Crippen molar-refractivity contribution in [2.75, 3.05) is 11.9 Å². The number of hydrogen-bond acceptors (Lipinski definition) is 5. The summed E-state index contributed by atoms with van der Waals surface area (Å²) >= 11 is 1.61. The quantitative estimate of drug-likeness (QED) is 0.710. The number of nitriles is 1. The number of para-hydroxylation sites is 1. The maximum Gasteiger partial charge on any atom is 0.217 e. The second kappa shape index (κ2) is 6.14. The van der Waals surface area contributed by atoms with Gasteiger partial charge in [-0.25, -0.2) is 0 Å². The molecule has 0 saturated heterocycles. The smallest absolute Gasteiger partial charge is 0.217 e. The first kappa shape index (κ1) is 15.0. The number of thiophene rings is 1. The number of nitrogens with one attached hydrogen (secondary N) is 1. The van der Waals surface area contributed by atoms with Crippen LogP contribution in [0, 0.1) is 11.3 Å². The molecule has 1 aliphatic carbocycles. The Kier molecular flexibility index (Phi) is 3.83. The molecule has 0 fully saturated rings. The summed E-state index contributed by atoms with van der Waals surface area (Å²) in [7, 11) is 0. The molecule has 4 rings (SSSR count).